The van der Waals surface area contributed by atoms with Crippen molar-refractivity contribution >= 4 is 17.9 Å². The van der Waals surface area contributed by atoms with Crippen LogP contribution in [0.25, 0.3) is 0 Å². The van der Waals surface area contributed by atoms with E-state index < -0.39 is 0 Å². The van der Waals surface area contributed by atoms with E-state index in [-0.39, 0.29) is 0 Å². The zero-order valence-corrected chi connectivity index (χ0v) is 11.5. The molecular formula is C16H15ClO2. The van der Waals surface area contributed by atoms with Gasteiger partial charge in [-0.2, -0.15) is 0 Å². The Morgan fingerprint density at radius 1 is 1.11 bits per heavy atom. The highest BCUT2D eigenvalue weighted by atomic mass is 35.5. The van der Waals surface area contributed by atoms with Crippen LogP contribution in [0.1, 0.15) is 29.3 Å². The van der Waals surface area contributed by atoms with Crippen molar-refractivity contribution in [2.45, 2.75) is 19.8 Å². The van der Waals surface area contributed by atoms with Crippen molar-refractivity contribution in [3.05, 3.63) is 58.6 Å². The first kappa shape index (κ1) is 13.6. The predicted octanol–water partition coefficient (Wildman–Crippen LogP) is 4.90. The van der Waals surface area contributed by atoms with Crippen LogP contribution in [0.3, 0.4) is 0 Å². The van der Waals surface area contributed by atoms with E-state index in [9.17, 15) is 4.79 Å². The van der Waals surface area contributed by atoms with E-state index in [1.165, 1.54) is 0 Å². The van der Waals surface area contributed by atoms with Crippen LogP contribution >= 0.6 is 11.6 Å². The van der Waals surface area contributed by atoms with Gasteiger partial charge in [-0.3, -0.25) is 4.79 Å². The van der Waals surface area contributed by atoms with E-state index >= 15 is 0 Å². The fraction of sp³-hybridized carbons (Fsp3) is 0.188. The zero-order chi connectivity index (χ0) is 13.7. The molecule has 0 fully saturated rings. The number of aldehydes is 1. The summed E-state index contributed by atoms with van der Waals surface area (Å²) >= 11 is 5.83. The maximum Gasteiger partial charge on any atom is 0.150 e. The fourth-order valence-electron chi connectivity index (χ4n) is 1.89. The maximum absolute atomic E-state index is 11.0. The molecule has 0 N–H and O–H groups in total. The second kappa shape index (κ2) is 6.39. The Morgan fingerprint density at radius 3 is 2.42 bits per heavy atom. The molecule has 2 aromatic rings. The molecule has 0 atom stereocenters. The minimum absolute atomic E-state index is 0.676. The molecular weight excluding hydrogens is 260 g/mol. The third kappa shape index (κ3) is 3.58. The van der Waals surface area contributed by atoms with Crippen LogP contribution in [0, 0.1) is 0 Å². The van der Waals surface area contributed by atoms with Gasteiger partial charge >= 0.3 is 0 Å². The van der Waals surface area contributed by atoms with Gasteiger partial charge < -0.3 is 4.74 Å². The van der Waals surface area contributed by atoms with E-state index in [0.717, 1.165) is 41.8 Å². The van der Waals surface area contributed by atoms with Crippen LogP contribution in [0.4, 0.5) is 0 Å². The zero-order valence-electron chi connectivity index (χ0n) is 10.7. The van der Waals surface area contributed by atoms with Crippen LogP contribution in [0.15, 0.2) is 42.5 Å². The van der Waals surface area contributed by atoms with Crippen molar-refractivity contribution in [3.8, 4) is 11.5 Å². The van der Waals surface area contributed by atoms with E-state index in [1.54, 1.807) is 24.3 Å². The Labute approximate surface area is 118 Å². The number of carbonyl (C=O) groups is 1. The van der Waals surface area contributed by atoms with Crippen LogP contribution in [0.5, 0.6) is 11.5 Å². The Morgan fingerprint density at radius 2 is 1.79 bits per heavy atom. The van der Waals surface area contributed by atoms with Gasteiger partial charge in [0.25, 0.3) is 0 Å². The van der Waals surface area contributed by atoms with Crippen LogP contribution in [-0.2, 0) is 6.42 Å². The molecule has 19 heavy (non-hydrogen) atoms. The maximum atomic E-state index is 11.0. The van der Waals surface area contributed by atoms with Gasteiger partial charge in [0.05, 0.1) is 0 Å². The molecule has 0 radical (unpaired) electrons. The summed E-state index contributed by atoms with van der Waals surface area (Å²) in [5.41, 5.74) is 1.74. The standard InChI is InChI=1S/C16H15ClO2/c1-2-3-12-10-16(7-4-13(12)11-18)19-15-8-5-14(17)6-9-15/h4-11H,2-3H2,1H3. The lowest BCUT2D eigenvalue weighted by Gasteiger charge is -2.09. The molecule has 2 aromatic carbocycles. The second-order valence-electron chi connectivity index (χ2n) is 4.28. The summed E-state index contributed by atoms with van der Waals surface area (Å²) in [4.78, 5) is 11.0. The summed E-state index contributed by atoms with van der Waals surface area (Å²) in [6, 6.07) is 12.7. The summed E-state index contributed by atoms with van der Waals surface area (Å²) < 4.78 is 5.75. The molecule has 2 rings (SSSR count). The van der Waals surface area contributed by atoms with Gasteiger partial charge in [-0.05, 0) is 54.4 Å². The van der Waals surface area contributed by atoms with E-state index in [2.05, 4.69) is 6.92 Å². The smallest absolute Gasteiger partial charge is 0.150 e. The third-order valence-electron chi connectivity index (χ3n) is 2.81. The molecule has 0 unspecified atom stereocenters. The highest BCUT2D eigenvalue weighted by molar-refractivity contribution is 6.30. The van der Waals surface area contributed by atoms with E-state index in [4.69, 9.17) is 16.3 Å². The van der Waals surface area contributed by atoms with Gasteiger partial charge in [-0.25, -0.2) is 0 Å². The molecule has 0 spiro atoms. The van der Waals surface area contributed by atoms with Gasteiger partial charge in [-0.1, -0.05) is 24.9 Å². The van der Waals surface area contributed by atoms with Crippen molar-refractivity contribution in [3.63, 3.8) is 0 Å². The van der Waals surface area contributed by atoms with Crippen molar-refractivity contribution in [2.24, 2.45) is 0 Å². The number of halogens is 1. The Bertz CT molecular complexity index is 561. The number of carbonyl (C=O) groups excluding carboxylic acids is 1. The largest absolute Gasteiger partial charge is 0.457 e. The molecule has 0 aliphatic rings. The molecule has 0 amide bonds. The number of hydrogen-bond donors (Lipinski definition) is 0. The Balaban J connectivity index is 2.22. The monoisotopic (exact) mass is 274 g/mol. The summed E-state index contributed by atoms with van der Waals surface area (Å²) in [5.74, 6) is 1.46. The Kier molecular flexibility index (Phi) is 4.58. The average molecular weight is 275 g/mol. The Hall–Kier alpha value is -1.80. The van der Waals surface area contributed by atoms with Gasteiger partial charge in [0.1, 0.15) is 17.8 Å². The molecule has 98 valence electrons. The molecule has 0 saturated carbocycles. The summed E-state index contributed by atoms with van der Waals surface area (Å²) in [6.45, 7) is 2.08. The molecule has 0 saturated heterocycles. The van der Waals surface area contributed by atoms with E-state index in [0.29, 0.717) is 5.02 Å². The topological polar surface area (TPSA) is 26.3 Å². The lowest BCUT2D eigenvalue weighted by Crippen LogP contribution is -1.94. The van der Waals surface area contributed by atoms with Crippen molar-refractivity contribution in [1.29, 1.82) is 0 Å². The van der Waals surface area contributed by atoms with Gasteiger partial charge in [0.15, 0.2) is 0 Å². The molecule has 0 aliphatic heterocycles. The molecule has 0 heterocycles. The molecule has 0 bridgehead atoms. The van der Waals surface area contributed by atoms with Crippen LogP contribution < -0.4 is 4.74 Å². The van der Waals surface area contributed by atoms with Gasteiger partial charge in [0.2, 0.25) is 0 Å². The lowest BCUT2D eigenvalue weighted by molar-refractivity contribution is 0.112. The first-order valence-corrected chi connectivity index (χ1v) is 6.62. The highest BCUT2D eigenvalue weighted by Crippen LogP contribution is 2.25. The van der Waals surface area contributed by atoms with Crippen molar-refractivity contribution < 1.29 is 9.53 Å². The summed E-state index contributed by atoms with van der Waals surface area (Å²) in [6.07, 6.45) is 2.74. The number of rotatable bonds is 5. The minimum atomic E-state index is 0.676. The molecule has 0 aliphatic carbocycles. The minimum Gasteiger partial charge on any atom is -0.457 e. The lowest BCUT2D eigenvalue weighted by atomic mass is 10.0. The first-order chi connectivity index (χ1) is 9.22. The quantitative estimate of drug-likeness (QED) is 0.725. The predicted molar refractivity (Wildman–Crippen MR) is 77.4 cm³/mol. The van der Waals surface area contributed by atoms with Crippen molar-refractivity contribution in [2.75, 3.05) is 0 Å². The molecule has 2 nitrogen and oxygen atoms in total. The van der Waals surface area contributed by atoms with Crippen LogP contribution in [-0.4, -0.2) is 6.29 Å². The fourth-order valence-corrected chi connectivity index (χ4v) is 2.01. The number of hydrogen-bond acceptors (Lipinski definition) is 2. The number of benzene rings is 2. The van der Waals surface area contributed by atoms with E-state index in [1.807, 2.05) is 18.2 Å². The van der Waals surface area contributed by atoms with Gasteiger partial charge in [-0.15, -0.1) is 0 Å². The number of ether oxygens (including phenoxy) is 1. The first-order valence-electron chi connectivity index (χ1n) is 6.24. The average Bonchev–Trinajstić information content (AvgIpc) is 2.42. The molecule has 3 heteroatoms. The molecule has 0 aromatic heterocycles. The van der Waals surface area contributed by atoms with Crippen LogP contribution in [0.2, 0.25) is 5.02 Å². The van der Waals surface area contributed by atoms with Crippen molar-refractivity contribution in [1.82, 2.24) is 0 Å². The summed E-state index contributed by atoms with van der Waals surface area (Å²) in [5, 5.41) is 0.676. The second-order valence-corrected chi connectivity index (χ2v) is 4.72. The number of aryl methyl sites for hydroxylation is 1. The summed E-state index contributed by atoms with van der Waals surface area (Å²) in [7, 11) is 0. The normalized spacial score (nSPS) is 10.2. The van der Waals surface area contributed by atoms with Gasteiger partial charge in [0, 0.05) is 10.6 Å². The SMILES string of the molecule is CCCc1cc(Oc2ccc(Cl)cc2)ccc1C=O. The highest BCUT2D eigenvalue weighted by Gasteiger charge is 2.04. The third-order valence-corrected chi connectivity index (χ3v) is 3.06.